The third-order valence-electron chi connectivity index (χ3n) is 5.68. The van der Waals surface area contributed by atoms with E-state index >= 15 is 0 Å². The molecule has 32 heavy (non-hydrogen) atoms. The number of aryl methyl sites for hydroxylation is 2. The number of ether oxygens (including phenoxy) is 1. The average molecular weight is 447 g/mol. The van der Waals surface area contributed by atoms with Crippen LogP contribution < -0.4 is 4.74 Å². The molecule has 0 radical (unpaired) electrons. The summed E-state index contributed by atoms with van der Waals surface area (Å²) in [6.07, 6.45) is 0. The molecule has 0 N–H and O–H groups in total. The van der Waals surface area contributed by atoms with Crippen molar-refractivity contribution in [3.8, 4) is 22.8 Å². The second-order valence-corrected chi connectivity index (χ2v) is 8.68. The molecule has 0 atom stereocenters. The van der Waals surface area contributed by atoms with Crippen LogP contribution in [-0.2, 0) is 7.05 Å². The smallest absolute Gasteiger partial charge is 0.196 e. The van der Waals surface area contributed by atoms with Gasteiger partial charge in [0.25, 0.3) is 0 Å². The highest BCUT2D eigenvalue weighted by Crippen LogP contribution is 2.33. The number of benzene rings is 2. The molecule has 7 heteroatoms. The fourth-order valence-corrected chi connectivity index (χ4v) is 4.47. The van der Waals surface area contributed by atoms with Crippen LogP contribution in [0.1, 0.15) is 27.3 Å². The Morgan fingerprint density at radius 1 is 1.03 bits per heavy atom. The van der Waals surface area contributed by atoms with Gasteiger partial charge in [-0.3, -0.25) is 9.36 Å². The zero-order valence-electron chi connectivity index (χ0n) is 18.9. The lowest BCUT2D eigenvalue weighted by molar-refractivity contribution is 0.102. The van der Waals surface area contributed by atoms with Gasteiger partial charge in [0.15, 0.2) is 16.8 Å². The maximum Gasteiger partial charge on any atom is 0.196 e. The number of para-hydroxylation sites is 1. The number of methoxy groups -OCH3 is 1. The third-order valence-corrected chi connectivity index (χ3v) is 6.61. The fraction of sp³-hybridized carbons (Fsp3) is 0.240. The van der Waals surface area contributed by atoms with Crippen molar-refractivity contribution in [3.05, 3.63) is 77.1 Å². The summed E-state index contributed by atoms with van der Waals surface area (Å²) in [5, 5.41) is 9.58. The van der Waals surface area contributed by atoms with E-state index in [1.54, 1.807) is 7.11 Å². The summed E-state index contributed by atoms with van der Waals surface area (Å²) in [7, 11) is 3.62. The normalized spacial score (nSPS) is 11.0. The molecule has 4 aromatic rings. The topological polar surface area (TPSA) is 61.9 Å². The molecule has 0 fully saturated rings. The van der Waals surface area contributed by atoms with Crippen molar-refractivity contribution in [1.29, 1.82) is 0 Å². The Morgan fingerprint density at radius 2 is 1.75 bits per heavy atom. The molecule has 0 unspecified atom stereocenters. The molecule has 0 saturated carbocycles. The zero-order valence-corrected chi connectivity index (χ0v) is 19.7. The van der Waals surface area contributed by atoms with E-state index in [1.807, 2.05) is 72.5 Å². The van der Waals surface area contributed by atoms with E-state index in [4.69, 9.17) is 4.74 Å². The second-order valence-electron chi connectivity index (χ2n) is 7.73. The Balaban J connectivity index is 1.72. The first-order valence-corrected chi connectivity index (χ1v) is 11.3. The van der Waals surface area contributed by atoms with Crippen molar-refractivity contribution >= 4 is 17.5 Å². The molecule has 6 nitrogen and oxygen atoms in total. The van der Waals surface area contributed by atoms with Gasteiger partial charge in [0.2, 0.25) is 0 Å². The number of hydrogen-bond acceptors (Lipinski definition) is 5. The SMILES string of the molecule is COc1ccccc1-c1nnc(SCC(=O)c2cc(C)n(C)c2C)n1-c1ccc(C)cc1. The van der Waals surface area contributed by atoms with Crippen molar-refractivity contribution in [2.24, 2.45) is 7.05 Å². The third kappa shape index (κ3) is 4.08. The lowest BCUT2D eigenvalue weighted by atomic mass is 10.1. The van der Waals surface area contributed by atoms with Crippen molar-refractivity contribution in [2.45, 2.75) is 25.9 Å². The number of hydrogen-bond donors (Lipinski definition) is 0. The van der Waals surface area contributed by atoms with Crippen LogP contribution in [0, 0.1) is 20.8 Å². The Labute approximate surface area is 192 Å². The molecular weight excluding hydrogens is 420 g/mol. The predicted octanol–water partition coefficient (Wildman–Crippen LogP) is 5.18. The van der Waals surface area contributed by atoms with Gasteiger partial charge < -0.3 is 9.30 Å². The number of carbonyl (C=O) groups is 1. The van der Waals surface area contributed by atoms with E-state index in [0.29, 0.717) is 11.0 Å². The van der Waals surface area contributed by atoms with E-state index in [0.717, 1.165) is 34.0 Å². The Morgan fingerprint density at radius 3 is 2.41 bits per heavy atom. The summed E-state index contributed by atoms with van der Waals surface area (Å²) in [6, 6.07) is 17.9. The number of thioether (sulfide) groups is 1. The molecule has 2 aromatic heterocycles. The number of Topliss-reactive ketones (excluding diaryl/α,β-unsaturated/α-hetero) is 1. The van der Waals surface area contributed by atoms with Gasteiger partial charge in [-0.15, -0.1) is 10.2 Å². The van der Waals surface area contributed by atoms with Gasteiger partial charge in [-0.1, -0.05) is 41.6 Å². The monoisotopic (exact) mass is 446 g/mol. The number of nitrogens with zero attached hydrogens (tertiary/aromatic N) is 4. The molecule has 2 aromatic carbocycles. The van der Waals surface area contributed by atoms with Gasteiger partial charge >= 0.3 is 0 Å². The maximum atomic E-state index is 13.0. The highest BCUT2D eigenvalue weighted by Gasteiger charge is 2.21. The van der Waals surface area contributed by atoms with Crippen LogP contribution in [-0.4, -0.2) is 38.0 Å². The van der Waals surface area contributed by atoms with Crippen LogP contribution >= 0.6 is 11.8 Å². The van der Waals surface area contributed by atoms with Gasteiger partial charge in [0, 0.05) is 29.7 Å². The van der Waals surface area contributed by atoms with E-state index in [9.17, 15) is 4.79 Å². The quantitative estimate of drug-likeness (QED) is 0.289. The number of carbonyl (C=O) groups excluding carboxylic acids is 1. The number of rotatable bonds is 7. The molecule has 0 spiro atoms. The van der Waals surface area contributed by atoms with Crippen LogP contribution in [0.3, 0.4) is 0 Å². The predicted molar refractivity (Wildman–Crippen MR) is 128 cm³/mol. The van der Waals surface area contributed by atoms with Crippen molar-refractivity contribution in [1.82, 2.24) is 19.3 Å². The largest absolute Gasteiger partial charge is 0.496 e. The van der Waals surface area contributed by atoms with Gasteiger partial charge in [-0.2, -0.15) is 0 Å². The number of aromatic nitrogens is 4. The summed E-state index contributed by atoms with van der Waals surface area (Å²) in [5.41, 5.74) is 5.74. The van der Waals surface area contributed by atoms with E-state index in [-0.39, 0.29) is 11.5 Å². The molecule has 164 valence electrons. The Bertz CT molecular complexity index is 1270. The molecule has 2 heterocycles. The highest BCUT2D eigenvalue weighted by atomic mass is 32.2. The molecule has 0 aliphatic heterocycles. The first-order chi connectivity index (χ1) is 15.4. The highest BCUT2D eigenvalue weighted by molar-refractivity contribution is 7.99. The van der Waals surface area contributed by atoms with Crippen molar-refractivity contribution < 1.29 is 9.53 Å². The summed E-state index contributed by atoms with van der Waals surface area (Å²) in [6.45, 7) is 6.03. The molecule has 0 saturated heterocycles. The van der Waals surface area contributed by atoms with E-state index < -0.39 is 0 Å². The minimum atomic E-state index is 0.0773. The van der Waals surface area contributed by atoms with Crippen LogP contribution in [0.5, 0.6) is 5.75 Å². The van der Waals surface area contributed by atoms with E-state index in [2.05, 4.69) is 29.3 Å². The van der Waals surface area contributed by atoms with Gasteiger partial charge in [-0.25, -0.2) is 0 Å². The van der Waals surface area contributed by atoms with Crippen molar-refractivity contribution in [2.75, 3.05) is 12.9 Å². The van der Waals surface area contributed by atoms with Crippen LogP contribution in [0.2, 0.25) is 0 Å². The van der Waals surface area contributed by atoms with Gasteiger partial charge in [0.05, 0.1) is 18.4 Å². The van der Waals surface area contributed by atoms with Crippen LogP contribution in [0.4, 0.5) is 0 Å². The molecular formula is C25H26N4O2S. The van der Waals surface area contributed by atoms with Crippen LogP contribution in [0.15, 0.2) is 59.8 Å². The molecule has 0 aliphatic rings. The molecule has 0 aliphatic carbocycles. The summed E-state index contributed by atoms with van der Waals surface area (Å²) < 4.78 is 9.58. The van der Waals surface area contributed by atoms with Gasteiger partial charge in [-0.05, 0) is 51.1 Å². The first-order valence-electron chi connectivity index (χ1n) is 10.4. The molecule has 4 rings (SSSR count). The average Bonchev–Trinajstić information content (AvgIpc) is 3.34. The maximum absolute atomic E-state index is 13.0. The fourth-order valence-electron chi connectivity index (χ4n) is 3.64. The molecule has 0 amide bonds. The van der Waals surface area contributed by atoms with E-state index in [1.165, 1.54) is 17.3 Å². The number of ketones is 1. The summed E-state index contributed by atoms with van der Waals surface area (Å²) in [4.78, 5) is 13.0. The summed E-state index contributed by atoms with van der Waals surface area (Å²) in [5.74, 6) is 1.75. The lowest BCUT2D eigenvalue weighted by Gasteiger charge is -2.12. The minimum Gasteiger partial charge on any atom is -0.496 e. The van der Waals surface area contributed by atoms with Crippen LogP contribution in [0.25, 0.3) is 17.1 Å². The minimum absolute atomic E-state index is 0.0773. The Hall–Kier alpha value is -3.32. The standard InChI is InChI=1S/C25H26N4O2S/c1-16-10-12-19(13-11-16)29-24(20-8-6-7-9-23(20)31-5)26-27-25(29)32-15-22(30)21-14-17(2)28(4)18(21)3/h6-14H,15H2,1-5H3. The summed E-state index contributed by atoms with van der Waals surface area (Å²) >= 11 is 1.39. The van der Waals surface area contributed by atoms with Crippen molar-refractivity contribution in [3.63, 3.8) is 0 Å². The molecule has 0 bridgehead atoms. The van der Waals surface area contributed by atoms with Gasteiger partial charge in [0.1, 0.15) is 5.75 Å². The zero-order chi connectivity index (χ0) is 22.8. The lowest BCUT2D eigenvalue weighted by Crippen LogP contribution is -2.06. The first kappa shape index (κ1) is 21.9. The Kier molecular flexibility index (Phi) is 6.19. The second kappa shape index (κ2) is 9.04.